The molecule has 0 amide bonds. The second-order valence-electron chi connectivity index (χ2n) is 4.87. The predicted molar refractivity (Wildman–Crippen MR) is 77.1 cm³/mol. The van der Waals surface area contributed by atoms with Gasteiger partial charge in [-0.05, 0) is 23.5 Å². The Hall–Kier alpha value is -0.925. The van der Waals surface area contributed by atoms with Crippen LogP contribution < -0.4 is 10.2 Å². The molecule has 0 fully saturated rings. The molecule has 0 spiro atoms. The summed E-state index contributed by atoms with van der Waals surface area (Å²) >= 11 is 0. The molecule has 0 aliphatic heterocycles. The zero-order chi connectivity index (χ0) is 15.3. The Morgan fingerprint density at radius 1 is 1.25 bits per heavy atom. The van der Waals surface area contributed by atoms with Gasteiger partial charge in [0.15, 0.2) is 0 Å². The van der Waals surface area contributed by atoms with E-state index in [1.54, 1.807) is 0 Å². The summed E-state index contributed by atoms with van der Waals surface area (Å²) in [5.74, 6) is 0.0864. The first kappa shape index (κ1) is 17.1. The fourth-order valence-electron chi connectivity index (χ4n) is 1.63. The van der Waals surface area contributed by atoms with Crippen molar-refractivity contribution in [1.29, 1.82) is 0 Å². The van der Waals surface area contributed by atoms with Crippen molar-refractivity contribution >= 4 is 22.6 Å². The molecule has 3 N–H and O–H groups in total. The number of ether oxygens (including phenoxy) is 1. The van der Waals surface area contributed by atoms with Gasteiger partial charge in [-0.1, -0.05) is 26.0 Å². The fraction of sp³-hybridized carbons (Fsp3) is 0.500. The molecule has 6 nitrogen and oxygen atoms in total. The van der Waals surface area contributed by atoms with E-state index in [4.69, 9.17) is 14.8 Å². The van der Waals surface area contributed by atoms with Crippen molar-refractivity contribution in [2.45, 2.75) is 24.8 Å². The van der Waals surface area contributed by atoms with Crippen LogP contribution in [0.2, 0.25) is 0 Å². The minimum absolute atomic E-state index is 0.0728. The Morgan fingerprint density at radius 3 is 2.20 bits per heavy atom. The summed E-state index contributed by atoms with van der Waals surface area (Å²) in [7, 11) is -3.76. The lowest BCUT2D eigenvalue weighted by atomic mass is 9.81. The van der Waals surface area contributed by atoms with Crippen molar-refractivity contribution in [3.05, 3.63) is 24.3 Å². The average molecular weight is 301 g/mol. The minimum Gasteiger partial charge on any atom is -0.423 e. The van der Waals surface area contributed by atoms with Crippen molar-refractivity contribution in [3.63, 3.8) is 0 Å². The third-order valence-corrected chi connectivity index (χ3v) is 4.45. The molecular formula is C12H20BNO5S. The smallest absolute Gasteiger partial charge is 0.423 e. The number of hydrogen-bond acceptors (Lipinski definition) is 5. The van der Waals surface area contributed by atoms with Gasteiger partial charge in [0.05, 0.1) is 11.5 Å². The van der Waals surface area contributed by atoms with Crippen LogP contribution in [0.25, 0.3) is 0 Å². The zero-order valence-electron chi connectivity index (χ0n) is 11.8. The average Bonchev–Trinajstić information content (AvgIpc) is 2.38. The Morgan fingerprint density at radius 2 is 1.80 bits per heavy atom. The minimum atomic E-state index is -3.66. The third-order valence-electron chi connectivity index (χ3n) is 2.95. The van der Waals surface area contributed by atoms with E-state index in [2.05, 4.69) is 4.72 Å². The van der Waals surface area contributed by atoms with Crippen LogP contribution in [-0.2, 0) is 14.8 Å². The van der Waals surface area contributed by atoms with Gasteiger partial charge >= 0.3 is 7.12 Å². The molecule has 1 rings (SSSR count). The second kappa shape index (κ2) is 7.19. The molecule has 0 heterocycles. The largest absolute Gasteiger partial charge is 0.488 e. The number of hydrogen-bond donors (Lipinski definition) is 3. The summed E-state index contributed by atoms with van der Waals surface area (Å²) in [4.78, 5) is 0.0728. The first-order chi connectivity index (χ1) is 9.27. The van der Waals surface area contributed by atoms with Crippen LogP contribution in [0.1, 0.15) is 13.8 Å². The Bertz CT molecular complexity index is 515. The molecule has 0 radical (unpaired) electrons. The van der Waals surface area contributed by atoms with Crippen LogP contribution in [0.4, 0.5) is 0 Å². The van der Waals surface area contributed by atoms with Crippen LogP contribution in [0.15, 0.2) is 29.2 Å². The summed E-state index contributed by atoms with van der Waals surface area (Å²) in [6.07, 6.45) is 0. The van der Waals surface area contributed by atoms with Gasteiger partial charge < -0.3 is 14.8 Å². The lowest BCUT2D eigenvalue weighted by molar-refractivity contribution is 0.157. The molecule has 0 saturated heterocycles. The van der Waals surface area contributed by atoms with Gasteiger partial charge in [0.1, 0.15) is 0 Å². The summed E-state index contributed by atoms with van der Waals surface area (Å²) in [5, 5.41) is 18.0. The highest BCUT2D eigenvalue weighted by Crippen LogP contribution is 2.11. The Kier molecular flexibility index (Phi) is 6.16. The lowest BCUT2D eigenvalue weighted by Crippen LogP contribution is -2.41. The monoisotopic (exact) mass is 301 g/mol. The predicted octanol–water partition coefficient (Wildman–Crippen LogP) is -0.684. The van der Waals surface area contributed by atoms with E-state index in [0.717, 1.165) is 0 Å². The van der Waals surface area contributed by atoms with E-state index in [9.17, 15) is 8.42 Å². The van der Waals surface area contributed by atoms with E-state index in [0.29, 0.717) is 0 Å². The number of methoxy groups -OCH3 is 1. The number of benzene rings is 1. The molecule has 0 aromatic heterocycles. The van der Waals surface area contributed by atoms with E-state index in [-0.39, 0.29) is 28.9 Å². The highest BCUT2D eigenvalue weighted by atomic mass is 32.2. The summed E-state index contributed by atoms with van der Waals surface area (Å²) in [5.41, 5.74) is 0.237. The van der Waals surface area contributed by atoms with Gasteiger partial charge in [-0.15, -0.1) is 0 Å². The molecule has 0 aliphatic carbocycles. The summed E-state index contributed by atoms with van der Waals surface area (Å²) in [6, 6.07) is 5.07. The van der Waals surface area contributed by atoms with Crippen molar-refractivity contribution in [1.82, 2.24) is 4.72 Å². The van der Waals surface area contributed by atoms with E-state index < -0.39 is 17.1 Å². The molecular weight excluding hydrogens is 281 g/mol. The van der Waals surface area contributed by atoms with Crippen molar-refractivity contribution in [3.8, 4) is 0 Å². The molecule has 112 valence electrons. The van der Waals surface area contributed by atoms with Gasteiger partial charge in [0.2, 0.25) is 10.0 Å². The van der Waals surface area contributed by atoms with Crippen LogP contribution in [-0.4, -0.2) is 45.3 Å². The second-order valence-corrected chi connectivity index (χ2v) is 6.58. The molecule has 0 bridgehead atoms. The maximum Gasteiger partial charge on any atom is 0.488 e. The fourth-order valence-corrected chi connectivity index (χ4v) is 3.00. The first-order valence-corrected chi connectivity index (χ1v) is 7.73. The molecule has 8 heteroatoms. The third kappa shape index (κ3) is 4.57. The van der Waals surface area contributed by atoms with Gasteiger partial charge in [-0.2, -0.15) is 0 Å². The van der Waals surface area contributed by atoms with E-state index in [1.807, 2.05) is 13.8 Å². The number of nitrogens with one attached hydrogen (secondary N) is 1. The quantitative estimate of drug-likeness (QED) is 0.580. The molecule has 1 aromatic carbocycles. The lowest BCUT2D eigenvalue weighted by Gasteiger charge is -2.21. The molecule has 1 atom stereocenters. The van der Waals surface area contributed by atoms with Crippen molar-refractivity contribution < 1.29 is 23.2 Å². The van der Waals surface area contributed by atoms with Crippen molar-refractivity contribution in [2.24, 2.45) is 5.92 Å². The van der Waals surface area contributed by atoms with Gasteiger partial charge in [-0.3, -0.25) is 0 Å². The zero-order valence-corrected chi connectivity index (χ0v) is 12.6. The highest BCUT2D eigenvalue weighted by Gasteiger charge is 2.23. The van der Waals surface area contributed by atoms with Crippen LogP contribution in [0.3, 0.4) is 0 Å². The van der Waals surface area contributed by atoms with Crippen LogP contribution in [0, 0.1) is 5.92 Å². The molecule has 1 unspecified atom stereocenters. The Balaban J connectivity index is 2.92. The normalized spacial score (nSPS) is 13.5. The molecule has 0 saturated carbocycles. The van der Waals surface area contributed by atoms with Crippen LogP contribution in [0.5, 0.6) is 0 Å². The van der Waals surface area contributed by atoms with Crippen LogP contribution >= 0.6 is 0 Å². The highest BCUT2D eigenvalue weighted by molar-refractivity contribution is 7.89. The first-order valence-electron chi connectivity index (χ1n) is 6.25. The Labute approximate surface area is 120 Å². The number of rotatable bonds is 7. The topological polar surface area (TPSA) is 95.9 Å². The summed E-state index contributed by atoms with van der Waals surface area (Å²) < 4.78 is 32.0. The van der Waals surface area contributed by atoms with Gasteiger partial charge in [-0.25, -0.2) is 13.1 Å². The van der Waals surface area contributed by atoms with Crippen molar-refractivity contribution in [2.75, 3.05) is 13.7 Å². The molecule has 1 aromatic rings. The maximum atomic E-state index is 12.2. The maximum absolute atomic E-state index is 12.2. The molecule has 20 heavy (non-hydrogen) atoms. The van der Waals surface area contributed by atoms with E-state index in [1.165, 1.54) is 31.4 Å². The standard InChI is InChI=1S/C12H20BNO5S/c1-9(2)12(8-19-3)14-20(17,18)11-6-4-10(5-7-11)13(15)16/h4-7,9,12,14-16H,8H2,1-3H3. The molecule has 0 aliphatic rings. The summed E-state index contributed by atoms with van der Waals surface area (Å²) in [6.45, 7) is 4.08. The van der Waals surface area contributed by atoms with Gasteiger partial charge in [0.25, 0.3) is 0 Å². The van der Waals surface area contributed by atoms with E-state index >= 15 is 0 Å². The van der Waals surface area contributed by atoms with Gasteiger partial charge in [0, 0.05) is 13.2 Å². The number of sulfonamides is 1. The SMILES string of the molecule is COCC(NS(=O)(=O)c1ccc(B(O)O)cc1)C(C)C.